The van der Waals surface area contributed by atoms with Gasteiger partial charge in [0.25, 0.3) is 0 Å². The van der Waals surface area contributed by atoms with Crippen LogP contribution in [0.3, 0.4) is 0 Å². The Morgan fingerprint density at radius 2 is 1.94 bits per heavy atom. The lowest BCUT2D eigenvalue weighted by Gasteiger charge is -2.31. The van der Waals surface area contributed by atoms with Crippen molar-refractivity contribution in [3.8, 4) is 16.9 Å². The largest absolute Gasteiger partial charge is 0.489 e. The van der Waals surface area contributed by atoms with E-state index in [0.717, 1.165) is 11.1 Å². The topological polar surface area (TPSA) is 148 Å². The predicted octanol–water partition coefficient (Wildman–Crippen LogP) is 2.07. The number of cyclic esters (lactones) is 2. The Kier molecular flexibility index (Phi) is 5.25. The molecule has 2 saturated heterocycles. The second kappa shape index (κ2) is 7.99. The molecule has 0 aliphatic carbocycles. The summed E-state index contributed by atoms with van der Waals surface area (Å²) in [6.45, 7) is 0.0678. The Hall–Kier alpha value is -3.18. The van der Waals surface area contributed by atoms with Crippen LogP contribution in [0, 0.1) is 0 Å². The second-order valence-electron chi connectivity index (χ2n) is 7.86. The number of likely N-dealkylation sites (N-methyl/N-ethyl adjacent to an activating group) is 1. The maximum Gasteiger partial charge on any atom is 0.469 e. The fourth-order valence-electron chi connectivity index (χ4n) is 4.02. The average Bonchev–Trinajstić information content (AvgIpc) is 3.30. The first-order valence-electron chi connectivity index (χ1n) is 10.0. The molecule has 2 amide bonds. The van der Waals surface area contributed by atoms with E-state index in [1.54, 1.807) is 37.5 Å². The quantitative estimate of drug-likeness (QED) is 0.613. The van der Waals surface area contributed by atoms with Crippen LogP contribution in [0.15, 0.2) is 36.5 Å². The van der Waals surface area contributed by atoms with Crippen LogP contribution < -0.4 is 9.64 Å². The molecule has 0 unspecified atom stereocenters. The number of carbonyl (C=O) groups is 2. The smallest absolute Gasteiger partial charge is 0.469 e. The van der Waals surface area contributed by atoms with Crippen LogP contribution in [-0.4, -0.2) is 70.8 Å². The van der Waals surface area contributed by atoms with Gasteiger partial charge in [0.05, 0.1) is 24.5 Å². The highest BCUT2D eigenvalue weighted by Crippen LogP contribution is 2.42. The number of aromatic nitrogens is 1. The summed E-state index contributed by atoms with van der Waals surface area (Å²) in [7, 11) is -3.03. The van der Waals surface area contributed by atoms with E-state index < -0.39 is 38.8 Å². The molecule has 13 heteroatoms. The number of phosphoric acid groups is 1. The molecule has 1 aromatic heterocycles. The number of amides is 2. The van der Waals surface area contributed by atoms with Gasteiger partial charge >= 0.3 is 20.0 Å². The van der Waals surface area contributed by atoms with Gasteiger partial charge in [0.15, 0.2) is 12.2 Å². The summed E-state index contributed by atoms with van der Waals surface area (Å²) in [5.41, 5.74) is 2.75. The molecule has 12 nitrogen and oxygen atoms in total. The van der Waals surface area contributed by atoms with Gasteiger partial charge in [-0.25, -0.2) is 14.2 Å². The molecule has 3 atom stereocenters. The number of anilines is 1. The Labute approximate surface area is 187 Å². The maximum atomic E-state index is 12.4. The van der Waals surface area contributed by atoms with Crippen LogP contribution in [0.5, 0.6) is 5.75 Å². The van der Waals surface area contributed by atoms with E-state index in [9.17, 15) is 14.2 Å². The number of fused-ring (bicyclic) bond motifs is 3. The standard InChI is InChI=1S/C20H20N3O9P/c1-22-8-17(31-19(22)24)13-4-2-12(7-21-13)11-3-5-14-16(6-11)29-9-15-18(10-30-33(26,27)28)32-20(25)23(14)15/h2-7,15,17-18H,8-10H2,1H3,(H2,26,27,28)/t15-,17+,18-/m0/s1. The van der Waals surface area contributed by atoms with Crippen molar-refractivity contribution >= 4 is 25.7 Å². The Morgan fingerprint density at radius 1 is 1.15 bits per heavy atom. The number of rotatable bonds is 5. The minimum absolute atomic E-state index is 0.0785. The molecule has 174 valence electrons. The zero-order valence-electron chi connectivity index (χ0n) is 17.4. The molecule has 0 radical (unpaired) electrons. The van der Waals surface area contributed by atoms with E-state index in [4.69, 9.17) is 24.0 Å². The van der Waals surface area contributed by atoms with Crippen LogP contribution >= 0.6 is 7.82 Å². The third-order valence-electron chi connectivity index (χ3n) is 5.69. The average molecular weight is 477 g/mol. The van der Waals surface area contributed by atoms with Crippen molar-refractivity contribution in [2.24, 2.45) is 0 Å². The Bertz CT molecular complexity index is 1150. The Balaban J connectivity index is 1.34. The number of carbonyl (C=O) groups excluding carboxylic acids is 2. The summed E-state index contributed by atoms with van der Waals surface area (Å²) in [6, 6.07) is 8.38. The lowest BCUT2D eigenvalue weighted by Crippen LogP contribution is -2.45. The Morgan fingerprint density at radius 3 is 2.61 bits per heavy atom. The highest BCUT2D eigenvalue weighted by atomic mass is 31.2. The molecule has 4 heterocycles. The summed E-state index contributed by atoms with van der Waals surface area (Å²) in [5, 5.41) is 0. The number of pyridine rings is 1. The van der Waals surface area contributed by atoms with Gasteiger partial charge in [-0.1, -0.05) is 12.1 Å². The van der Waals surface area contributed by atoms with E-state index >= 15 is 0 Å². The minimum atomic E-state index is -4.69. The van der Waals surface area contributed by atoms with Gasteiger partial charge in [-0.05, 0) is 23.8 Å². The monoisotopic (exact) mass is 477 g/mol. The normalized spacial score (nSPS) is 24.2. The van der Waals surface area contributed by atoms with Crippen LogP contribution in [-0.2, 0) is 18.6 Å². The number of hydrogen-bond donors (Lipinski definition) is 2. The zero-order chi connectivity index (χ0) is 23.3. The van der Waals surface area contributed by atoms with Crippen LogP contribution in [0.25, 0.3) is 11.1 Å². The van der Waals surface area contributed by atoms with E-state index in [1.165, 1.54) is 9.80 Å². The summed E-state index contributed by atoms with van der Waals surface area (Å²) in [5.74, 6) is 0.465. The molecule has 2 N–H and O–H groups in total. The molecular weight excluding hydrogens is 457 g/mol. The number of hydrogen-bond acceptors (Lipinski definition) is 8. The van der Waals surface area contributed by atoms with E-state index in [2.05, 4.69) is 9.51 Å². The number of phosphoric ester groups is 1. The highest BCUT2D eigenvalue weighted by molar-refractivity contribution is 7.46. The van der Waals surface area contributed by atoms with Crippen molar-refractivity contribution in [3.05, 3.63) is 42.2 Å². The predicted molar refractivity (Wildman–Crippen MR) is 112 cm³/mol. The lowest BCUT2D eigenvalue weighted by molar-refractivity contribution is 0.0676. The van der Waals surface area contributed by atoms with Crippen molar-refractivity contribution in [2.45, 2.75) is 18.2 Å². The third kappa shape index (κ3) is 4.13. The van der Waals surface area contributed by atoms with Crippen LogP contribution in [0.2, 0.25) is 0 Å². The zero-order valence-corrected chi connectivity index (χ0v) is 18.3. The van der Waals surface area contributed by atoms with Crippen molar-refractivity contribution < 1.29 is 42.7 Å². The highest BCUT2D eigenvalue weighted by Gasteiger charge is 2.47. The molecule has 2 aromatic rings. The van der Waals surface area contributed by atoms with Crippen LogP contribution in [0.1, 0.15) is 11.8 Å². The number of nitrogens with zero attached hydrogens (tertiary/aromatic N) is 3. The van der Waals surface area contributed by atoms with Gasteiger partial charge in [0.2, 0.25) is 0 Å². The van der Waals surface area contributed by atoms with E-state index in [-0.39, 0.29) is 12.7 Å². The molecular formula is C20H20N3O9P. The van der Waals surface area contributed by atoms with Crippen LogP contribution in [0.4, 0.5) is 15.3 Å². The number of benzene rings is 1. The number of ether oxygens (including phenoxy) is 3. The summed E-state index contributed by atoms with van der Waals surface area (Å²) < 4.78 is 31.8. The van der Waals surface area contributed by atoms with Gasteiger partial charge in [-0.15, -0.1) is 0 Å². The van der Waals surface area contributed by atoms with Gasteiger partial charge in [-0.2, -0.15) is 0 Å². The van der Waals surface area contributed by atoms with Crippen molar-refractivity contribution in [1.82, 2.24) is 9.88 Å². The fraction of sp³-hybridized carbons (Fsp3) is 0.350. The molecule has 1 aromatic carbocycles. The minimum Gasteiger partial charge on any atom is -0.489 e. The summed E-state index contributed by atoms with van der Waals surface area (Å²) in [6.07, 6.45) is -0.637. The van der Waals surface area contributed by atoms with Gasteiger partial charge in [0, 0.05) is 18.8 Å². The van der Waals surface area contributed by atoms with Crippen molar-refractivity contribution in [1.29, 1.82) is 0 Å². The molecule has 3 aliphatic heterocycles. The van der Waals surface area contributed by atoms with Gasteiger partial charge in [0.1, 0.15) is 18.4 Å². The molecule has 0 saturated carbocycles. The second-order valence-corrected chi connectivity index (χ2v) is 9.10. The third-order valence-corrected chi connectivity index (χ3v) is 6.18. The fourth-order valence-corrected chi connectivity index (χ4v) is 4.36. The first kappa shape index (κ1) is 21.7. The molecule has 0 spiro atoms. The molecule has 5 rings (SSSR count). The maximum absolute atomic E-state index is 12.4. The van der Waals surface area contributed by atoms with Gasteiger partial charge in [-0.3, -0.25) is 14.4 Å². The first-order valence-corrected chi connectivity index (χ1v) is 11.6. The SMILES string of the molecule is CN1C[C@H](c2ccc(-c3ccc4c(c3)OC[C@H]3[C@H](COP(=O)(O)O)OC(=O)N43)cn2)OC1=O. The van der Waals surface area contributed by atoms with E-state index in [0.29, 0.717) is 23.7 Å². The summed E-state index contributed by atoms with van der Waals surface area (Å²) >= 11 is 0. The molecule has 3 aliphatic rings. The van der Waals surface area contributed by atoms with Crippen molar-refractivity contribution in [3.63, 3.8) is 0 Å². The summed E-state index contributed by atoms with van der Waals surface area (Å²) in [4.78, 5) is 49.1. The molecule has 0 bridgehead atoms. The first-order chi connectivity index (χ1) is 15.7. The van der Waals surface area contributed by atoms with E-state index in [1.807, 2.05) is 6.07 Å². The van der Waals surface area contributed by atoms with Crippen molar-refractivity contribution in [2.75, 3.05) is 31.7 Å². The lowest BCUT2D eigenvalue weighted by atomic mass is 10.0. The molecule has 2 fully saturated rings. The van der Waals surface area contributed by atoms with Gasteiger partial charge < -0.3 is 28.9 Å². The molecule has 33 heavy (non-hydrogen) atoms.